The summed E-state index contributed by atoms with van der Waals surface area (Å²) in [6.45, 7) is 2.16. The number of rotatable bonds is 8. The van der Waals surface area contributed by atoms with Crippen LogP contribution in [0.25, 0.3) is 0 Å². The van der Waals surface area contributed by atoms with Gasteiger partial charge >= 0.3 is 6.18 Å². The molecule has 0 saturated heterocycles. The molecule has 26 heavy (non-hydrogen) atoms. The van der Waals surface area contributed by atoms with Gasteiger partial charge in [0.15, 0.2) is 6.23 Å². The summed E-state index contributed by atoms with van der Waals surface area (Å²) in [4.78, 5) is 12.4. The summed E-state index contributed by atoms with van der Waals surface area (Å²) in [7, 11) is 0. The van der Waals surface area contributed by atoms with Crippen LogP contribution in [0.2, 0.25) is 0 Å². The molecule has 2 rings (SSSR count). The zero-order valence-corrected chi connectivity index (χ0v) is 14.6. The lowest BCUT2D eigenvalue weighted by molar-refractivity contribution is -0.135. The average Bonchev–Trinajstić information content (AvgIpc) is 2.61. The number of ether oxygens (including phenoxy) is 1. The van der Waals surface area contributed by atoms with Crippen molar-refractivity contribution in [2.45, 2.75) is 38.6 Å². The second kappa shape index (κ2) is 9.38. The molecule has 2 aromatic carbocycles. The van der Waals surface area contributed by atoms with Gasteiger partial charge in [-0.2, -0.15) is 13.2 Å². The van der Waals surface area contributed by atoms with Crippen LogP contribution in [0.5, 0.6) is 0 Å². The van der Waals surface area contributed by atoms with Crippen molar-refractivity contribution in [3.8, 4) is 0 Å². The largest absolute Gasteiger partial charge is 0.389 e. The average molecular weight is 365 g/mol. The van der Waals surface area contributed by atoms with Crippen molar-refractivity contribution < 1.29 is 22.7 Å². The van der Waals surface area contributed by atoms with E-state index >= 15 is 0 Å². The van der Waals surface area contributed by atoms with Crippen molar-refractivity contribution in [2.75, 3.05) is 6.61 Å². The maximum atomic E-state index is 12.4. The Balaban J connectivity index is 2.14. The lowest BCUT2D eigenvalue weighted by Crippen LogP contribution is -2.31. The highest BCUT2D eigenvalue weighted by atomic mass is 19.4. The first-order valence-electron chi connectivity index (χ1n) is 8.53. The summed E-state index contributed by atoms with van der Waals surface area (Å²) in [6.07, 6.45) is -5.46. The number of alkyl halides is 3. The fourth-order valence-corrected chi connectivity index (χ4v) is 2.66. The van der Waals surface area contributed by atoms with E-state index < -0.39 is 18.8 Å². The third-order valence-electron chi connectivity index (χ3n) is 3.88. The van der Waals surface area contributed by atoms with Crippen LogP contribution < -0.4 is 5.32 Å². The Labute approximate surface area is 151 Å². The third kappa shape index (κ3) is 6.19. The van der Waals surface area contributed by atoms with Crippen molar-refractivity contribution in [1.29, 1.82) is 0 Å². The Kier molecular flexibility index (Phi) is 7.21. The number of halogens is 3. The van der Waals surface area contributed by atoms with E-state index in [2.05, 4.69) is 5.32 Å². The molecule has 0 aliphatic carbocycles. The molecule has 0 aliphatic rings. The van der Waals surface area contributed by atoms with Gasteiger partial charge in [0.2, 0.25) is 0 Å². The fourth-order valence-electron chi connectivity index (χ4n) is 2.66. The second-order valence-electron chi connectivity index (χ2n) is 5.84. The van der Waals surface area contributed by atoms with Crippen LogP contribution in [0.1, 0.15) is 47.5 Å². The molecule has 0 unspecified atom stereocenters. The number of hydrogen-bond donors (Lipinski definition) is 1. The molecule has 1 atom stereocenters. The number of aryl methyl sites for hydroxylation is 1. The van der Waals surface area contributed by atoms with E-state index in [0.717, 1.165) is 5.56 Å². The van der Waals surface area contributed by atoms with Gasteiger partial charge in [0.1, 0.15) is 0 Å². The third-order valence-corrected chi connectivity index (χ3v) is 3.88. The Morgan fingerprint density at radius 3 is 2.38 bits per heavy atom. The predicted molar refractivity (Wildman–Crippen MR) is 93.7 cm³/mol. The van der Waals surface area contributed by atoms with Gasteiger partial charge in [-0.3, -0.25) is 4.79 Å². The fraction of sp³-hybridized carbons (Fsp3) is 0.350. The van der Waals surface area contributed by atoms with Crippen molar-refractivity contribution >= 4 is 5.91 Å². The molecule has 0 radical (unpaired) electrons. The summed E-state index contributed by atoms with van der Waals surface area (Å²) in [5, 5.41) is 2.81. The zero-order chi connectivity index (χ0) is 19.0. The van der Waals surface area contributed by atoms with Gasteiger partial charge in [-0.25, -0.2) is 0 Å². The van der Waals surface area contributed by atoms with E-state index in [9.17, 15) is 18.0 Å². The summed E-state index contributed by atoms with van der Waals surface area (Å²) in [6, 6.07) is 15.8. The summed E-state index contributed by atoms with van der Waals surface area (Å²) in [5.74, 6) is -0.297. The maximum absolute atomic E-state index is 12.4. The first-order chi connectivity index (χ1) is 12.4. The van der Waals surface area contributed by atoms with Gasteiger partial charge < -0.3 is 10.1 Å². The predicted octanol–water partition coefficient (Wildman–Crippen LogP) is 5.04. The monoisotopic (exact) mass is 365 g/mol. The molecule has 0 heterocycles. The van der Waals surface area contributed by atoms with Gasteiger partial charge in [-0.1, -0.05) is 42.5 Å². The molecule has 0 spiro atoms. The van der Waals surface area contributed by atoms with Crippen molar-refractivity contribution in [3.05, 3.63) is 71.3 Å². The Hall–Kier alpha value is -2.34. The van der Waals surface area contributed by atoms with Crippen molar-refractivity contribution in [2.24, 2.45) is 0 Å². The zero-order valence-electron chi connectivity index (χ0n) is 14.6. The number of carbonyl (C=O) groups excluding carboxylic acids is 1. The van der Waals surface area contributed by atoms with Crippen LogP contribution in [0, 0.1) is 0 Å². The molecule has 0 aromatic heterocycles. The minimum Gasteiger partial charge on any atom is -0.354 e. The van der Waals surface area contributed by atoms with Crippen LogP contribution >= 0.6 is 0 Å². The normalized spacial score (nSPS) is 12.6. The minimum absolute atomic E-state index is 0.00795. The van der Waals surface area contributed by atoms with E-state index in [0.29, 0.717) is 17.7 Å². The molecule has 6 heteroatoms. The van der Waals surface area contributed by atoms with E-state index in [-0.39, 0.29) is 18.7 Å². The highest BCUT2D eigenvalue weighted by Gasteiger charge is 2.26. The number of carbonyl (C=O) groups is 1. The molecule has 0 aliphatic heterocycles. The van der Waals surface area contributed by atoms with E-state index in [1.807, 2.05) is 6.07 Å². The quantitative estimate of drug-likeness (QED) is 0.666. The Bertz CT molecular complexity index is 702. The molecule has 2 aromatic rings. The second-order valence-corrected chi connectivity index (χ2v) is 5.84. The molecule has 1 N–H and O–H groups in total. The molecule has 1 amide bonds. The van der Waals surface area contributed by atoms with Crippen LogP contribution in [0.4, 0.5) is 13.2 Å². The van der Waals surface area contributed by atoms with E-state index in [1.54, 1.807) is 55.5 Å². The molecule has 0 bridgehead atoms. The van der Waals surface area contributed by atoms with E-state index in [1.165, 1.54) is 0 Å². The van der Waals surface area contributed by atoms with Gasteiger partial charge in [0, 0.05) is 24.2 Å². The maximum Gasteiger partial charge on any atom is 0.389 e. The van der Waals surface area contributed by atoms with Gasteiger partial charge in [-0.05, 0) is 37.5 Å². The Morgan fingerprint density at radius 1 is 1.08 bits per heavy atom. The van der Waals surface area contributed by atoms with Gasteiger partial charge in [0.05, 0.1) is 0 Å². The van der Waals surface area contributed by atoms with Gasteiger partial charge in [-0.15, -0.1) is 0 Å². The Morgan fingerprint density at radius 2 is 1.73 bits per heavy atom. The molecule has 0 fully saturated rings. The highest BCUT2D eigenvalue weighted by molar-refractivity contribution is 5.94. The van der Waals surface area contributed by atoms with Crippen molar-refractivity contribution in [3.63, 3.8) is 0 Å². The molecule has 3 nitrogen and oxygen atoms in total. The first-order valence-corrected chi connectivity index (χ1v) is 8.53. The SMILES string of the molecule is CCO[C@H](NC(=O)c1ccccc1)c1ccccc1CCCC(F)(F)F. The standard InChI is InChI=1S/C20H22F3NO2/c1-2-26-19(24-18(25)16-10-4-3-5-11-16)17-13-7-6-9-15(17)12-8-14-20(21,22)23/h3-7,9-11,13,19H,2,8,12,14H2,1H3,(H,24,25)/t19-/m0/s1. The lowest BCUT2D eigenvalue weighted by Gasteiger charge is -2.22. The lowest BCUT2D eigenvalue weighted by atomic mass is 10.00. The highest BCUT2D eigenvalue weighted by Crippen LogP contribution is 2.26. The molecule has 140 valence electrons. The minimum atomic E-state index is -4.17. The summed E-state index contributed by atoms with van der Waals surface area (Å²) in [5.41, 5.74) is 1.91. The van der Waals surface area contributed by atoms with Crippen molar-refractivity contribution in [1.82, 2.24) is 5.32 Å². The summed E-state index contributed by atoms with van der Waals surface area (Å²) >= 11 is 0. The summed E-state index contributed by atoms with van der Waals surface area (Å²) < 4.78 is 42.9. The number of nitrogens with one attached hydrogen (secondary N) is 1. The van der Waals surface area contributed by atoms with Crippen LogP contribution in [-0.4, -0.2) is 18.7 Å². The van der Waals surface area contributed by atoms with Crippen LogP contribution in [-0.2, 0) is 11.2 Å². The number of hydrogen-bond acceptors (Lipinski definition) is 2. The van der Waals surface area contributed by atoms with E-state index in [4.69, 9.17) is 4.74 Å². The van der Waals surface area contributed by atoms with Crippen LogP contribution in [0.15, 0.2) is 54.6 Å². The molecular formula is C20H22F3NO2. The first kappa shape index (κ1) is 20.0. The number of amides is 1. The molecule has 0 saturated carbocycles. The van der Waals surface area contributed by atoms with Crippen LogP contribution in [0.3, 0.4) is 0 Å². The number of benzene rings is 2. The smallest absolute Gasteiger partial charge is 0.354 e. The topological polar surface area (TPSA) is 38.3 Å². The van der Waals surface area contributed by atoms with Gasteiger partial charge in [0.25, 0.3) is 5.91 Å². The molecular weight excluding hydrogens is 343 g/mol.